The SMILES string of the molecule is COC(=O)/C=C/c1cc(OC)c(OC)c(S(=O)(=O)NC(c2ccc(F)cc2)c2cccs2)c1. The van der Waals surface area contributed by atoms with Gasteiger partial charge in [-0.1, -0.05) is 18.2 Å². The van der Waals surface area contributed by atoms with E-state index in [1.165, 1.54) is 75.1 Å². The summed E-state index contributed by atoms with van der Waals surface area (Å²) >= 11 is 1.36. The average molecular weight is 492 g/mol. The van der Waals surface area contributed by atoms with Crippen LogP contribution < -0.4 is 14.2 Å². The smallest absolute Gasteiger partial charge is 0.330 e. The monoisotopic (exact) mass is 491 g/mol. The maximum Gasteiger partial charge on any atom is 0.330 e. The molecule has 33 heavy (non-hydrogen) atoms. The Kier molecular flexibility index (Phi) is 7.85. The van der Waals surface area contributed by atoms with Crippen molar-refractivity contribution in [3.05, 3.63) is 81.8 Å². The normalized spacial score (nSPS) is 12.5. The number of carbonyl (C=O) groups excluding carboxylic acids is 1. The van der Waals surface area contributed by atoms with Crippen molar-refractivity contribution in [3.63, 3.8) is 0 Å². The summed E-state index contributed by atoms with van der Waals surface area (Å²) in [6.07, 6.45) is 2.57. The third kappa shape index (κ3) is 5.78. The van der Waals surface area contributed by atoms with E-state index < -0.39 is 27.9 Å². The van der Waals surface area contributed by atoms with Gasteiger partial charge in [-0.25, -0.2) is 17.6 Å². The van der Waals surface area contributed by atoms with Crippen LogP contribution in [0.5, 0.6) is 11.5 Å². The van der Waals surface area contributed by atoms with Crippen molar-refractivity contribution in [1.82, 2.24) is 4.72 Å². The topological polar surface area (TPSA) is 90.9 Å². The van der Waals surface area contributed by atoms with Crippen molar-refractivity contribution in [3.8, 4) is 11.5 Å². The maximum absolute atomic E-state index is 13.5. The van der Waals surface area contributed by atoms with E-state index in [0.29, 0.717) is 11.1 Å². The summed E-state index contributed by atoms with van der Waals surface area (Å²) in [5.41, 5.74) is 0.947. The van der Waals surface area contributed by atoms with Gasteiger partial charge in [-0.2, -0.15) is 4.72 Å². The van der Waals surface area contributed by atoms with E-state index >= 15 is 0 Å². The predicted molar refractivity (Wildman–Crippen MR) is 123 cm³/mol. The number of rotatable bonds is 9. The Bertz CT molecular complexity index is 1240. The number of halogens is 1. The first-order valence-electron chi connectivity index (χ1n) is 9.62. The Morgan fingerprint density at radius 2 is 1.82 bits per heavy atom. The molecule has 0 fully saturated rings. The molecule has 0 saturated heterocycles. The number of benzene rings is 2. The lowest BCUT2D eigenvalue weighted by atomic mass is 10.1. The van der Waals surface area contributed by atoms with E-state index in [1.54, 1.807) is 12.1 Å². The van der Waals surface area contributed by atoms with E-state index in [-0.39, 0.29) is 16.4 Å². The number of nitrogens with one attached hydrogen (secondary N) is 1. The van der Waals surface area contributed by atoms with Gasteiger partial charge < -0.3 is 14.2 Å². The number of thiophene rings is 1. The van der Waals surface area contributed by atoms with Crippen molar-refractivity contribution in [2.75, 3.05) is 21.3 Å². The van der Waals surface area contributed by atoms with Crippen LogP contribution in [0.25, 0.3) is 6.08 Å². The van der Waals surface area contributed by atoms with Crippen LogP contribution in [-0.2, 0) is 19.6 Å². The molecule has 10 heteroatoms. The minimum absolute atomic E-state index is 0.00394. The van der Waals surface area contributed by atoms with Crippen molar-refractivity contribution in [2.24, 2.45) is 0 Å². The van der Waals surface area contributed by atoms with Crippen LogP contribution >= 0.6 is 11.3 Å². The number of sulfonamides is 1. The fourth-order valence-corrected chi connectivity index (χ4v) is 5.39. The molecular formula is C23H22FNO6S2. The fourth-order valence-electron chi connectivity index (χ4n) is 3.10. The second-order valence-electron chi connectivity index (χ2n) is 6.73. The van der Waals surface area contributed by atoms with E-state index in [9.17, 15) is 17.6 Å². The second-order valence-corrected chi connectivity index (χ2v) is 9.39. The van der Waals surface area contributed by atoms with Crippen molar-refractivity contribution in [2.45, 2.75) is 10.9 Å². The molecule has 1 atom stereocenters. The lowest BCUT2D eigenvalue weighted by Crippen LogP contribution is -2.29. The van der Waals surface area contributed by atoms with E-state index in [2.05, 4.69) is 9.46 Å². The number of carbonyl (C=O) groups is 1. The van der Waals surface area contributed by atoms with Crippen LogP contribution in [0.4, 0.5) is 4.39 Å². The largest absolute Gasteiger partial charge is 0.493 e. The molecule has 2 aromatic carbocycles. The first kappa shape index (κ1) is 24.4. The maximum atomic E-state index is 13.5. The third-order valence-corrected chi connectivity index (χ3v) is 7.04. The fraction of sp³-hybridized carbons (Fsp3) is 0.174. The molecule has 0 radical (unpaired) electrons. The zero-order valence-electron chi connectivity index (χ0n) is 18.1. The first-order chi connectivity index (χ1) is 15.8. The second kappa shape index (κ2) is 10.6. The highest BCUT2D eigenvalue weighted by Gasteiger charge is 2.28. The number of hydrogen-bond donors (Lipinski definition) is 1. The zero-order chi connectivity index (χ0) is 24.0. The van der Waals surface area contributed by atoms with Gasteiger partial charge in [-0.15, -0.1) is 11.3 Å². The van der Waals surface area contributed by atoms with Crippen molar-refractivity contribution < 1.29 is 31.8 Å². The summed E-state index contributed by atoms with van der Waals surface area (Å²) in [7, 11) is -0.232. The number of methoxy groups -OCH3 is 3. The van der Waals surface area contributed by atoms with Crippen LogP contribution in [0.1, 0.15) is 22.0 Å². The van der Waals surface area contributed by atoms with Gasteiger partial charge in [0.25, 0.3) is 0 Å². The molecule has 1 N–H and O–H groups in total. The highest BCUT2D eigenvalue weighted by atomic mass is 32.2. The van der Waals surface area contributed by atoms with Crippen molar-refractivity contribution in [1.29, 1.82) is 0 Å². The van der Waals surface area contributed by atoms with Crippen LogP contribution in [0.3, 0.4) is 0 Å². The summed E-state index contributed by atoms with van der Waals surface area (Å²) in [6, 6.07) is 11.3. The van der Waals surface area contributed by atoms with Gasteiger partial charge in [0.05, 0.1) is 27.4 Å². The Labute approximate surface area is 195 Å². The molecule has 1 heterocycles. The van der Waals surface area contributed by atoms with E-state index in [4.69, 9.17) is 9.47 Å². The van der Waals surface area contributed by atoms with Gasteiger partial charge in [0.1, 0.15) is 10.7 Å². The van der Waals surface area contributed by atoms with Gasteiger partial charge in [0, 0.05) is 11.0 Å². The molecule has 0 aliphatic rings. The summed E-state index contributed by atoms with van der Waals surface area (Å²) in [6.45, 7) is 0. The minimum Gasteiger partial charge on any atom is -0.493 e. The summed E-state index contributed by atoms with van der Waals surface area (Å²) in [5, 5.41) is 1.82. The van der Waals surface area contributed by atoms with E-state index in [1.807, 2.05) is 5.38 Å². The van der Waals surface area contributed by atoms with E-state index in [0.717, 1.165) is 11.0 Å². The Morgan fingerprint density at radius 1 is 1.09 bits per heavy atom. The lowest BCUT2D eigenvalue weighted by Gasteiger charge is -2.20. The van der Waals surface area contributed by atoms with Crippen LogP contribution in [-0.4, -0.2) is 35.7 Å². The van der Waals surface area contributed by atoms with Crippen molar-refractivity contribution >= 4 is 33.4 Å². The Morgan fingerprint density at radius 3 is 2.39 bits per heavy atom. The molecule has 174 valence electrons. The number of hydrogen-bond acceptors (Lipinski definition) is 7. The highest BCUT2D eigenvalue weighted by Crippen LogP contribution is 2.37. The quantitative estimate of drug-likeness (QED) is 0.357. The highest BCUT2D eigenvalue weighted by molar-refractivity contribution is 7.89. The van der Waals surface area contributed by atoms with Gasteiger partial charge in [-0.05, 0) is 52.9 Å². The van der Waals surface area contributed by atoms with Gasteiger partial charge >= 0.3 is 5.97 Å². The van der Waals surface area contributed by atoms with Crippen LogP contribution in [0.15, 0.2) is 64.9 Å². The molecule has 1 aromatic heterocycles. The third-order valence-electron chi connectivity index (χ3n) is 4.67. The van der Waals surface area contributed by atoms with Gasteiger partial charge in [0.15, 0.2) is 11.5 Å². The summed E-state index contributed by atoms with van der Waals surface area (Å²) in [5.74, 6) is -0.854. The van der Waals surface area contributed by atoms with Gasteiger partial charge in [0.2, 0.25) is 10.0 Å². The molecule has 0 aliphatic heterocycles. The molecule has 0 saturated carbocycles. The van der Waals surface area contributed by atoms with Gasteiger partial charge in [-0.3, -0.25) is 0 Å². The zero-order valence-corrected chi connectivity index (χ0v) is 19.7. The minimum atomic E-state index is -4.18. The molecule has 1 unspecified atom stereocenters. The lowest BCUT2D eigenvalue weighted by molar-refractivity contribution is -0.134. The molecule has 0 aliphatic carbocycles. The number of ether oxygens (including phenoxy) is 3. The molecule has 3 aromatic rings. The number of esters is 1. The Hall–Kier alpha value is -3.21. The average Bonchev–Trinajstić information content (AvgIpc) is 3.35. The predicted octanol–water partition coefficient (Wildman–Crippen LogP) is 4.16. The van der Waals surface area contributed by atoms with Crippen LogP contribution in [0.2, 0.25) is 0 Å². The standard InChI is InChI=1S/C23H22FNO6S2/c1-29-18-13-15(6-11-21(26)30-2)14-20(23(18)31-3)33(27,28)25-22(19-5-4-12-32-19)16-7-9-17(24)10-8-16/h4-14,22,25H,1-3H3/b11-6+. The van der Waals surface area contributed by atoms with Crippen LogP contribution in [0, 0.1) is 5.82 Å². The molecule has 0 bridgehead atoms. The molecule has 3 rings (SSSR count). The molecule has 7 nitrogen and oxygen atoms in total. The Balaban J connectivity index is 2.09. The molecular weight excluding hydrogens is 469 g/mol. The molecule has 0 amide bonds. The first-order valence-corrected chi connectivity index (χ1v) is 12.0. The summed E-state index contributed by atoms with van der Waals surface area (Å²) in [4.78, 5) is 12.0. The summed E-state index contributed by atoms with van der Waals surface area (Å²) < 4.78 is 58.5. The molecule has 0 spiro atoms.